The van der Waals surface area contributed by atoms with E-state index in [9.17, 15) is 4.39 Å². The first-order valence-corrected chi connectivity index (χ1v) is 10.6. The van der Waals surface area contributed by atoms with E-state index in [2.05, 4.69) is 20.8 Å². The van der Waals surface area contributed by atoms with Gasteiger partial charge in [-0.2, -0.15) is 10.2 Å². The second kappa shape index (κ2) is 9.76. The summed E-state index contributed by atoms with van der Waals surface area (Å²) >= 11 is 17.6. The number of anilines is 1. The third-order valence-electron chi connectivity index (χ3n) is 4.69. The van der Waals surface area contributed by atoms with Crippen LogP contribution in [0.5, 0.6) is 0 Å². The van der Waals surface area contributed by atoms with Crippen LogP contribution in [0.3, 0.4) is 0 Å². The molecule has 160 valence electrons. The van der Waals surface area contributed by atoms with Crippen LogP contribution in [0.4, 0.5) is 10.1 Å². The quantitative estimate of drug-likeness (QED) is 0.382. The molecule has 0 atom stereocenters. The molecule has 30 heavy (non-hydrogen) atoms. The van der Waals surface area contributed by atoms with Crippen LogP contribution in [0, 0.1) is 26.6 Å². The van der Waals surface area contributed by atoms with Crippen LogP contribution in [0.2, 0.25) is 10.2 Å². The van der Waals surface area contributed by atoms with Gasteiger partial charge in [-0.15, -0.1) is 0 Å². The second-order valence-corrected chi connectivity index (χ2v) is 8.12. The number of aromatic nitrogens is 4. The molecular weight excluding hydrogens is 446 g/mol. The van der Waals surface area contributed by atoms with Gasteiger partial charge in [0, 0.05) is 13.1 Å². The molecule has 0 bridgehead atoms. The number of hydrogen-bond acceptors (Lipinski definition) is 3. The van der Waals surface area contributed by atoms with Gasteiger partial charge in [-0.3, -0.25) is 9.36 Å². The first kappa shape index (κ1) is 22.5. The highest BCUT2D eigenvalue weighted by molar-refractivity contribution is 7.80. The van der Waals surface area contributed by atoms with Crippen molar-refractivity contribution in [2.24, 2.45) is 0 Å². The normalized spacial score (nSPS) is 11.0. The maximum absolute atomic E-state index is 13.1. The Morgan fingerprint density at radius 1 is 1.07 bits per heavy atom. The lowest BCUT2D eigenvalue weighted by atomic mass is 10.2. The van der Waals surface area contributed by atoms with Crippen LogP contribution >= 0.6 is 35.4 Å². The monoisotopic (exact) mass is 468 g/mol. The summed E-state index contributed by atoms with van der Waals surface area (Å²) in [6.45, 7) is 7.56. The van der Waals surface area contributed by atoms with E-state index in [4.69, 9.17) is 35.4 Å². The van der Waals surface area contributed by atoms with Gasteiger partial charge >= 0.3 is 0 Å². The van der Waals surface area contributed by atoms with Gasteiger partial charge in [0.05, 0.1) is 29.3 Å². The van der Waals surface area contributed by atoms with Gasteiger partial charge in [-0.1, -0.05) is 35.3 Å². The van der Waals surface area contributed by atoms with Gasteiger partial charge in [0.1, 0.15) is 16.0 Å². The fraction of sp³-hybridized carbons (Fsp3) is 0.350. The molecule has 3 rings (SSSR count). The summed E-state index contributed by atoms with van der Waals surface area (Å²) < 4.78 is 16.7. The Morgan fingerprint density at radius 3 is 2.37 bits per heavy atom. The van der Waals surface area contributed by atoms with Crippen molar-refractivity contribution in [2.45, 2.75) is 40.3 Å². The molecule has 2 N–H and O–H groups in total. The van der Waals surface area contributed by atoms with Crippen molar-refractivity contribution in [2.75, 3.05) is 11.9 Å². The lowest BCUT2D eigenvalue weighted by Gasteiger charge is -2.11. The zero-order valence-electron chi connectivity index (χ0n) is 17.0. The summed E-state index contributed by atoms with van der Waals surface area (Å²) in [6, 6.07) is 6.41. The van der Waals surface area contributed by atoms with Crippen LogP contribution in [0.25, 0.3) is 0 Å². The summed E-state index contributed by atoms with van der Waals surface area (Å²) in [4.78, 5) is 0. The topological polar surface area (TPSA) is 59.7 Å². The Morgan fingerprint density at radius 2 is 1.73 bits per heavy atom. The summed E-state index contributed by atoms with van der Waals surface area (Å²) in [7, 11) is 0. The van der Waals surface area contributed by atoms with Crippen LogP contribution in [-0.2, 0) is 13.1 Å². The maximum Gasteiger partial charge on any atom is 0.170 e. The maximum atomic E-state index is 13.1. The minimum atomic E-state index is -0.251. The van der Waals surface area contributed by atoms with Crippen LogP contribution in [0.1, 0.15) is 29.1 Å². The van der Waals surface area contributed by atoms with Crippen molar-refractivity contribution in [1.82, 2.24) is 24.9 Å². The van der Waals surface area contributed by atoms with Gasteiger partial charge in [0.15, 0.2) is 5.11 Å². The minimum Gasteiger partial charge on any atom is -0.362 e. The number of benzene rings is 1. The van der Waals surface area contributed by atoms with E-state index >= 15 is 0 Å². The van der Waals surface area contributed by atoms with E-state index in [-0.39, 0.29) is 5.82 Å². The van der Waals surface area contributed by atoms with Crippen molar-refractivity contribution >= 4 is 46.2 Å². The summed E-state index contributed by atoms with van der Waals surface area (Å²) in [5.74, 6) is -0.251. The zero-order valence-corrected chi connectivity index (χ0v) is 19.3. The average molecular weight is 469 g/mol. The average Bonchev–Trinajstić information content (AvgIpc) is 3.11. The van der Waals surface area contributed by atoms with Crippen molar-refractivity contribution in [3.8, 4) is 0 Å². The van der Waals surface area contributed by atoms with Crippen LogP contribution in [-0.4, -0.2) is 31.2 Å². The fourth-order valence-corrected chi connectivity index (χ4v) is 3.66. The molecule has 6 nitrogen and oxygen atoms in total. The number of nitrogens with one attached hydrogen (secondary N) is 2. The number of nitrogens with zero attached hydrogens (tertiary/aromatic N) is 4. The van der Waals surface area contributed by atoms with Gasteiger partial charge in [-0.05, 0) is 57.1 Å². The molecule has 0 aliphatic carbocycles. The van der Waals surface area contributed by atoms with E-state index in [0.717, 1.165) is 34.8 Å². The Kier molecular flexibility index (Phi) is 7.33. The lowest BCUT2D eigenvalue weighted by Crippen LogP contribution is -2.30. The Labute approximate surface area is 190 Å². The fourth-order valence-electron chi connectivity index (χ4n) is 3.06. The molecule has 2 aromatic heterocycles. The molecule has 2 heterocycles. The van der Waals surface area contributed by atoms with E-state index in [0.29, 0.717) is 34.9 Å². The standard InChI is InChI=1S/C20H23Cl2FN6S/c1-12-17(21)19(22)28(26-12)10-4-9-24-20(30)25-18-13(2)27-29(14(18)3)11-15-5-7-16(23)8-6-15/h5-8H,4,9-11H2,1-3H3,(H2,24,25,30). The molecule has 0 saturated carbocycles. The van der Waals surface area contributed by atoms with Crippen molar-refractivity contribution < 1.29 is 4.39 Å². The predicted molar refractivity (Wildman–Crippen MR) is 123 cm³/mol. The van der Waals surface area contributed by atoms with Crippen LogP contribution in [0.15, 0.2) is 24.3 Å². The third-order valence-corrected chi connectivity index (χ3v) is 5.87. The second-order valence-electron chi connectivity index (χ2n) is 6.98. The predicted octanol–water partition coefficient (Wildman–Crippen LogP) is 4.88. The number of hydrogen-bond donors (Lipinski definition) is 2. The van der Waals surface area contributed by atoms with E-state index in [1.165, 1.54) is 12.1 Å². The van der Waals surface area contributed by atoms with Crippen molar-refractivity contribution in [3.05, 3.63) is 62.9 Å². The summed E-state index contributed by atoms with van der Waals surface area (Å²) in [6.07, 6.45) is 0.779. The highest BCUT2D eigenvalue weighted by Gasteiger charge is 2.14. The molecule has 0 fully saturated rings. The highest BCUT2D eigenvalue weighted by Crippen LogP contribution is 2.25. The Hall–Kier alpha value is -2.16. The van der Waals surface area contributed by atoms with Gasteiger partial charge < -0.3 is 10.6 Å². The molecule has 0 saturated heterocycles. The number of thiocarbonyl (C=S) groups is 1. The molecule has 0 aliphatic rings. The molecule has 0 unspecified atom stereocenters. The lowest BCUT2D eigenvalue weighted by molar-refractivity contribution is 0.571. The van der Waals surface area contributed by atoms with Gasteiger partial charge in [0.25, 0.3) is 0 Å². The first-order valence-electron chi connectivity index (χ1n) is 9.48. The van der Waals surface area contributed by atoms with E-state index < -0.39 is 0 Å². The van der Waals surface area contributed by atoms with Crippen LogP contribution < -0.4 is 10.6 Å². The van der Waals surface area contributed by atoms with Gasteiger partial charge in [0.2, 0.25) is 0 Å². The zero-order chi connectivity index (χ0) is 21.8. The smallest absolute Gasteiger partial charge is 0.170 e. The molecule has 1 aromatic carbocycles. The van der Waals surface area contributed by atoms with E-state index in [1.807, 2.05) is 25.5 Å². The number of rotatable bonds is 7. The first-order chi connectivity index (χ1) is 14.3. The number of aryl methyl sites for hydroxylation is 3. The molecule has 0 radical (unpaired) electrons. The molecule has 0 amide bonds. The third kappa shape index (κ3) is 5.30. The largest absolute Gasteiger partial charge is 0.362 e. The Bertz CT molecular complexity index is 1040. The molecule has 0 spiro atoms. The van der Waals surface area contributed by atoms with Gasteiger partial charge in [-0.25, -0.2) is 4.39 Å². The summed E-state index contributed by atoms with van der Waals surface area (Å²) in [5.41, 5.74) is 4.35. The molecule has 3 aromatic rings. The molecule has 10 heteroatoms. The molecular formula is C20H23Cl2FN6S. The van der Waals surface area contributed by atoms with Crippen molar-refractivity contribution in [3.63, 3.8) is 0 Å². The van der Waals surface area contributed by atoms with E-state index in [1.54, 1.807) is 16.8 Å². The minimum absolute atomic E-state index is 0.251. The molecule has 0 aliphatic heterocycles. The number of halogens is 3. The Balaban J connectivity index is 1.53. The summed E-state index contributed by atoms with van der Waals surface area (Å²) in [5, 5.41) is 16.7. The highest BCUT2D eigenvalue weighted by atomic mass is 35.5. The van der Waals surface area contributed by atoms with Crippen molar-refractivity contribution in [1.29, 1.82) is 0 Å². The SMILES string of the molecule is Cc1nn(CCCNC(=S)Nc2c(C)nn(Cc3ccc(F)cc3)c2C)c(Cl)c1Cl.